The van der Waals surface area contributed by atoms with E-state index in [1.807, 2.05) is 12.3 Å². The second-order valence-electron chi connectivity index (χ2n) is 6.12. The van der Waals surface area contributed by atoms with Crippen LogP contribution in [0.2, 0.25) is 0 Å². The summed E-state index contributed by atoms with van der Waals surface area (Å²) in [5.74, 6) is -0.314. The molecule has 28 heavy (non-hydrogen) atoms. The van der Waals surface area contributed by atoms with Gasteiger partial charge in [-0.25, -0.2) is 9.67 Å². The zero-order chi connectivity index (χ0) is 20.1. The van der Waals surface area contributed by atoms with Crippen molar-refractivity contribution in [3.05, 3.63) is 57.5 Å². The monoisotopic (exact) mass is 422 g/mol. The van der Waals surface area contributed by atoms with E-state index >= 15 is 0 Å². The molecule has 3 heterocycles. The van der Waals surface area contributed by atoms with Crippen molar-refractivity contribution in [2.45, 2.75) is 20.0 Å². The van der Waals surface area contributed by atoms with Gasteiger partial charge >= 0.3 is 6.18 Å². The fourth-order valence-electron chi connectivity index (χ4n) is 2.72. The number of nitrogens with one attached hydrogen (secondary N) is 1. The molecule has 144 valence electrons. The number of rotatable bonds is 3. The molecule has 1 N–H and O–H groups in total. The lowest BCUT2D eigenvalue weighted by Crippen LogP contribution is -2.09. The summed E-state index contributed by atoms with van der Waals surface area (Å²) in [5, 5.41) is 10.1. The molecule has 0 atom stereocenters. The number of halogens is 3. The molecule has 1 aromatic carbocycles. The van der Waals surface area contributed by atoms with Gasteiger partial charge in [-0.15, -0.1) is 22.7 Å². The Morgan fingerprint density at radius 1 is 1.21 bits per heavy atom. The van der Waals surface area contributed by atoms with E-state index in [1.165, 1.54) is 33.4 Å². The molecule has 0 bridgehead atoms. The molecule has 0 aliphatic heterocycles. The van der Waals surface area contributed by atoms with Crippen molar-refractivity contribution in [3.63, 3.8) is 0 Å². The van der Waals surface area contributed by atoms with E-state index in [0.29, 0.717) is 20.5 Å². The molecule has 0 aliphatic carbocycles. The highest BCUT2D eigenvalue weighted by Gasteiger charge is 2.31. The van der Waals surface area contributed by atoms with Crippen molar-refractivity contribution in [3.8, 4) is 5.69 Å². The maximum atomic E-state index is 13.0. The summed E-state index contributed by atoms with van der Waals surface area (Å²) in [5.41, 5.74) is 0.984. The number of thiazole rings is 1. The van der Waals surface area contributed by atoms with Crippen molar-refractivity contribution < 1.29 is 18.0 Å². The van der Waals surface area contributed by atoms with Gasteiger partial charge in [0.15, 0.2) is 5.13 Å². The summed E-state index contributed by atoms with van der Waals surface area (Å²) in [6.07, 6.45) is -4.44. The Morgan fingerprint density at radius 2 is 2.00 bits per heavy atom. The molecule has 0 aliphatic rings. The molecule has 0 spiro atoms. The van der Waals surface area contributed by atoms with Gasteiger partial charge in [0.2, 0.25) is 0 Å². The summed E-state index contributed by atoms with van der Waals surface area (Å²) < 4.78 is 40.5. The molecular weight excluding hydrogens is 409 g/mol. The average molecular weight is 422 g/mol. The van der Waals surface area contributed by atoms with Crippen LogP contribution in [0.25, 0.3) is 15.9 Å². The quantitative estimate of drug-likeness (QED) is 0.479. The Balaban J connectivity index is 1.73. The standard InChI is InChI=1S/C18H13F3N4OS2/c1-9-8-27-17(22-9)23-15(26)14-7-13-10(2)24-25(16(13)28-14)12-5-3-4-11(6-12)18(19,20)21/h3-8H,1-2H3,(H,22,23,26). The largest absolute Gasteiger partial charge is 0.416 e. The fourth-order valence-corrected chi connectivity index (χ4v) is 4.48. The van der Waals surface area contributed by atoms with Crippen molar-refractivity contribution in [2.24, 2.45) is 0 Å². The Bertz CT molecular complexity index is 1190. The van der Waals surface area contributed by atoms with Crippen molar-refractivity contribution in [1.82, 2.24) is 14.8 Å². The first-order valence-corrected chi connectivity index (χ1v) is 9.82. The first-order valence-electron chi connectivity index (χ1n) is 8.12. The molecule has 0 saturated carbocycles. The smallest absolute Gasteiger partial charge is 0.297 e. The van der Waals surface area contributed by atoms with Crippen LogP contribution in [0, 0.1) is 13.8 Å². The first-order chi connectivity index (χ1) is 13.2. The van der Waals surface area contributed by atoms with Crippen LogP contribution in [0.4, 0.5) is 18.3 Å². The Kier molecular flexibility index (Phi) is 4.47. The summed E-state index contributed by atoms with van der Waals surface area (Å²) in [6.45, 7) is 3.59. The Morgan fingerprint density at radius 3 is 2.68 bits per heavy atom. The van der Waals surface area contributed by atoms with E-state index < -0.39 is 11.7 Å². The number of carbonyl (C=O) groups excluding carboxylic acids is 1. The van der Waals surface area contributed by atoms with Crippen molar-refractivity contribution >= 4 is 43.9 Å². The molecule has 0 fully saturated rings. The normalized spacial score (nSPS) is 11.9. The van der Waals surface area contributed by atoms with Crippen LogP contribution in [0.3, 0.4) is 0 Å². The number of thiophene rings is 1. The highest BCUT2D eigenvalue weighted by atomic mass is 32.1. The summed E-state index contributed by atoms with van der Waals surface area (Å²) in [4.78, 5) is 17.8. The van der Waals surface area contributed by atoms with Gasteiger partial charge in [-0.3, -0.25) is 10.1 Å². The average Bonchev–Trinajstić information content (AvgIpc) is 3.31. The third-order valence-corrected chi connectivity index (χ3v) is 6.01. The first kappa shape index (κ1) is 18.6. The van der Waals surface area contributed by atoms with Gasteiger partial charge in [-0.05, 0) is 38.1 Å². The maximum absolute atomic E-state index is 13.0. The number of aryl methyl sites for hydroxylation is 2. The minimum atomic E-state index is -4.44. The van der Waals surface area contributed by atoms with E-state index in [-0.39, 0.29) is 11.6 Å². The van der Waals surface area contributed by atoms with Crippen molar-refractivity contribution in [2.75, 3.05) is 5.32 Å². The lowest BCUT2D eigenvalue weighted by Gasteiger charge is -2.09. The second kappa shape index (κ2) is 6.71. The van der Waals surface area contributed by atoms with Crippen LogP contribution in [-0.2, 0) is 6.18 Å². The summed E-state index contributed by atoms with van der Waals surface area (Å²) >= 11 is 2.50. The molecule has 10 heteroatoms. The number of fused-ring (bicyclic) bond motifs is 1. The van der Waals surface area contributed by atoms with E-state index in [4.69, 9.17) is 0 Å². The van der Waals surface area contributed by atoms with Crippen LogP contribution in [-0.4, -0.2) is 20.7 Å². The second-order valence-corrected chi connectivity index (χ2v) is 8.01. The van der Waals surface area contributed by atoms with Gasteiger partial charge in [0.05, 0.1) is 27.5 Å². The minimum absolute atomic E-state index is 0.289. The number of benzene rings is 1. The van der Waals surface area contributed by atoms with E-state index in [0.717, 1.165) is 23.2 Å². The molecule has 0 unspecified atom stereocenters. The number of alkyl halides is 3. The maximum Gasteiger partial charge on any atom is 0.416 e. The molecule has 0 radical (unpaired) electrons. The number of nitrogens with zero attached hydrogens (tertiary/aromatic N) is 3. The number of anilines is 1. The predicted octanol–water partition coefficient (Wildman–Crippen LogP) is 5.43. The molecule has 3 aromatic heterocycles. The molecular formula is C18H13F3N4OS2. The predicted molar refractivity (Wildman–Crippen MR) is 103 cm³/mol. The van der Waals surface area contributed by atoms with Crippen LogP contribution in [0.1, 0.15) is 26.6 Å². The molecule has 0 saturated heterocycles. The Hall–Kier alpha value is -2.72. The molecule has 4 aromatic rings. The van der Waals surface area contributed by atoms with Crippen LogP contribution in [0.5, 0.6) is 0 Å². The van der Waals surface area contributed by atoms with Gasteiger partial charge in [-0.2, -0.15) is 18.3 Å². The minimum Gasteiger partial charge on any atom is -0.297 e. The highest BCUT2D eigenvalue weighted by molar-refractivity contribution is 7.20. The number of hydrogen-bond donors (Lipinski definition) is 1. The third kappa shape index (κ3) is 3.40. The topological polar surface area (TPSA) is 59.8 Å². The van der Waals surface area contributed by atoms with E-state index in [9.17, 15) is 18.0 Å². The summed E-state index contributed by atoms with van der Waals surface area (Å²) in [7, 11) is 0. The van der Waals surface area contributed by atoms with E-state index in [2.05, 4.69) is 15.4 Å². The van der Waals surface area contributed by atoms with Gasteiger partial charge in [0.1, 0.15) is 4.83 Å². The van der Waals surface area contributed by atoms with Crippen LogP contribution >= 0.6 is 22.7 Å². The molecule has 1 amide bonds. The number of hydrogen-bond acceptors (Lipinski definition) is 5. The van der Waals surface area contributed by atoms with Gasteiger partial charge in [0, 0.05) is 10.8 Å². The fraction of sp³-hybridized carbons (Fsp3) is 0.167. The lowest BCUT2D eigenvalue weighted by molar-refractivity contribution is -0.137. The number of amides is 1. The van der Waals surface area contributed by atoms with Gasteiger partial charge in [-0.1, -0.05) is 6.07 Å². The van der Waals surface area contributed by atoms with Crippen molar-refractivity contribution in [1.29, 1.82) is 0 Å². The van der Waals surface area contributed by atoms with E-state index in [1.54, 1.807) is 19.1 Å². The lowest BCUT2D eigenvalue weighted by atomic mass is 10.2. The number of carbonyl (C=O) groups is 1. The van der Waals surface area contributed by atoms with Gasteiger partial charge < -0.3 is 0 Å². The highest BCUT2D eigenvalue weighted by Crippen LogP contribution is 2.34. The van der Waals surface area contributed by atoms with Crippen LogP contribution < -0.4 is 5.32 Å². The zero-order valence-electron chi connectivity index (χ0n) is 14.7. The molecule has 5 nitrogen and oxygen atoms in total. The number of aromatic nitrogens is 3. The molecule has 4 rings (SSSR count). The SMILES string of the molecule is Cc1csc(NC(=O)c2cc3c(C)nn(-c4cccc(C(F)(F)F)c4)c3s2)n1. The zero-order valence-corrected chi connectivity index (χ0v) is 16.3. The van der Waals surface area contributed by atoms with Crippen LogP contribution in [0.15, 0.2) is 35.7 Å². The Labute approximate surface area is 165 Å². The summed E-state index contributed by atoms with van der Waals surface area (Å²) in [6, 6.07) is 6.65. The third-order valence-electron chi connectivity index (χ3n) is 4.03. The van der Waals surface area contributed by atoms with Gasteiger partial charge in [0.25, 0.3) is 5.91 Å².